The molecule has 0 saturated carbocycles. The number of pyridine rings is 1. The van der Waals surface area contributed by atoms with Crippen molar-refractivity contribution >= 4 is 11.7 Å². The van der Waals surface area contributed by atoms with Crippen molar-refractivity contribution in [3.05, 3.63) is 82.7 Å². The number of anilines is 1. The lowest BCUT2D eigenvalue weighted by molar-refractivity contribution is -0.605. The molecule has 2 unspecified atom stereocenters. The predicted molar refractivity (Wildman–Crippen MR) is 120 cm³/mol. The van der Waals surface area contributed by atoms with Gasteiger partial charge in [0.1, 0.15) is 11.6 Å². The highest BCUT2D eigenvalue weighted by molar-refractivity contribution is 5.93. The van der Waals surface area contributed by atoms with E-state index in [0.29, 0.717) is 10.8 Å². The number of likely N-dealkylation sites (tertiary alicyclic amines) is 1. The molecule has 1 amide bonds. The van der Waals surface area contributed by atoms with Crippen LogP contribution >= 0.6 is 0 Å². The van der Waals surface area contributed by atoms with E-state index in [9.17, 15) is 36.3 Å². The molecule has 3 heterocycles. The second kappa shape index (κ2) is 10.4. The lowest BCUT2D eigenvalue weighted by atomic mass is 9.87. The highest BCUT2D eigenvalue weighted by Gasteiger charge is 2.46. The number of carbonyl (C=O) groups is 1. The van der Waals surface area contributed by atoms with Gasteiger partial charge in [-0.2, -0.15) is 4.73 Å². The van der Waals surface area contributed by atoms with Crippen LogP contribution in [-0.2, 0) is 11.3 Å². The minimum atomic E-state index is -3.05. The Balaban J connectivity index is 1.48. The van der Waals surface area contributed by atoms with E-state index in [2.05, 4.69) is 10.3 Å². The smallest absolute Gasteiger partial charge is 0.295 e. The second-order valence-electron chi connectivity index (χ2n) is 8.91. The number of nitrogens with one attached hydrogen (secondary N) is 1. The molecule has 7 nitrogen and oxygen atoms in total. The highest BCUT2D eigenvalue weighted by Crippen LogP contribution is 2.40. The Morgan fingerprint density at radius 1 is 1.22 bits per heavy atom. The van der Waals surface area contributed by atoms with Crippen molar-refractivity contribution in [3.63, 3.8) is 0 Å². The van der Waals surface area contributed by atoms with Crippen LogP contribution in [0.25, 0.3) is 0 Å². The SMILES string of the molecule is CC(C(=O)Nc1cn(Cc2cc(F)cc(F)c2)c(C(F)F)n1)N1CCC(F)(F)C(c2cc[n+]([O-])cc2)C1. The van der Waals surface area contributed by atoms with Crippen LogP contribution < -0.4 is 10.0 Å². The van der Waals surface area contributed by atoms with Crippen LogP contribution in [0.15, 0.2) is 48.9 Å². The number of nitrogens with zero attached hydrogens (tertiary/aromatic N) is 4. The van der Waals surface area contributed by atoms with E-state index in [0.717, 1.165) is 35.3 Å². The Morgan fingerprint density at radius 3 is 2.49 bits per heavy atom. The fraction of sp³-hybridized carbons (Fsp3) is 0.375. The van der Waals surface area contributed by atoms with Crippen LogP contribution in [-0.4, -0.2) is 45.4 Å². The number of aromatic nitrogens is 3. The molecule has 0 radical (unpaired) electrons. The van der Waals surface area contributed by atoms with E-state index in [-0.39, 0.29) is 36.6 Å². The van der Waals surface area contributed by atoms with Gasteiger partial charge in [0.25, 0.3) is 12.3 Å². The van der Waals surface area contributed by atoms with Gasteiger partial charge in [0.15, 0.2) is 24.0 Å². The number of hydrogen-bond donors (Lipinski definition) is 1. The van der Waals surface area contributed by atoms with Gasteiger partial charge in [-0.25, -0.2) is 31.3 Å². The minimum Gasteiger partial charge on any atom is -0.619 e. The molecule has 0 aliphatic carbocycles. The fourth-order valence-electron chi connectivity index (χ4n) is 4.37. The summed E-state index contributed by atoms with van der Waals surface area (Å²) in [4.78, 5) is 18.2. The number of amides is 1. The summed E-state index contributed by atoms with van der Waals surface area (Å²) < 4.78 is 84.8. The van der Waals surface area contributed by atoms with Crippen molar-refractivity contribution < 1.29 is 35.9 Å². The van der Waals surface area contributed by atoms with Crippen molar-refractivity contribution in [2.75, 3.05) is 18.4 Å². The number of imidazole rings is 1. The number of hydrogen-bond acceptors (Lipinski definition) is 4. The maximum absolute atomic E-state index is 14.6. The molecule has 198 valence electrons. The van der Waals surface area contributed by atoms with Gasteiger partial charge in [-0.1, -0.05) is 0 Å². The molecule has 1 fully saturated rings. The topological polar surface area (TPSA) is 77.1 Å². The second-order valence-corrected chi connectivity index (χ2v) is 8.91. The minimum absolute atomic E-state index is 0.0757. The molecule has 37 heavy (non-hydrogen) atoms. The number of carbonyl (C=O) groups excluding carboxylic acids is 1. The van der Waals surface area contributed by atoms with Crippen LogP contribution in [0.4, 0.5) is 32.2 Å². The molecule has 1 aliphatic heterocycles. The molecule has 1 saturated heterocycles. The Labute approximate surface area is 207 Å². The number of alkyl halides is 4. The first-order valence-electron chi connectivity index (χ1n) is 11.3. The van der Waals surface area contributed by atoms with Gasteiger partial charge in [0.05, 0.1) is 12.0 Å². The third-order valence-corrected chi connectivity index (χ3v) is 6.35. The fourth-order valence-corrected chi connectivity index (χ4v) is 4.37. The first-order valence-corrected chi connectivity index (χ1v) is 11.3. The quantitative estimate of drug-likeness (QED) is 0.284. The zero-order valence-corrected chi connectivity index (χ0v) is 19.6. The van der Waals surface area contributed by atoms with E-state index in [4.69, 9.17) is 0 Å². The summed E-state index contributed by atoms with van der Waals surface area (Å²) in [5.74, 6) is -7.64. The summed E-state index contributed by atoms with van der Waals surface area (Å²) in [6.07, 6.45) is -0.198. The van der Waals surface area contributed by atoms with Crippen molar-refractivity contribution in [2.24, 2.45) is 0 Å². The summed E-state index contributed by atoms with van der Waals surface area (Å²) in [5.41, 5.74) is 0.329. The molecule has 2 aromatic heterocycles. The van der Waals surface area contributed by atoms with E-state index >= 15 is 0 Å². The van der Waals surface area contributed by atoms with Gasteiger partial charge in [-0.15, -0.1) is 0 Å². The van der Waals surface area contributed by atoms with Crippen LogP contribution in [0, 0.1) is 16.8 Å². The zero-order chi connectivity index (χ0) is 26.9. The van der Waals surface area contributed by atoms with E-state index < -0.39 is 54.1 Å². The summed E-state index contributed by atoms with van der Waals surface area (Å²) in [6.45, 7) is 0.906. The molecular weight excluding hydrogens is 504 g/mol. The Morgan fingerprint density at radius 2 is 1.86 bits per heavy atom. The lowest BCUT2D eigenvalue weighted by Gasteiger charge is -2.40. The van der Waals surface area contributed by atoms with Crippen molar-refractivity contribution in [1.29, 1.82) is 0 Å². The maximum Gasteiger partial charge on any atom is 0.295 e. The largest absolute Gasteiger partial charge is 0.619 e. The molecule has 13 heteroatoms. The van der Waals surface area contributed by atoms with E-state index in [1.54, 1.807) is 0 Å². The molecule has 1 N–H and O–H groups in total. The molecule has 1 aromatic carbocycles. The third-order valence-electron chi connectivity index (χ3n) is 6.35. The number of benzene rings is 1. The first kappa shape index (κ1) is 26.5. The summed E-state index contributed by atoms with van der Waals surface area (Å²) in [5, 5.41) is 13.7. The normalized spacial score (nSPS) is 18.6. The van der Waals surface area contributed by atoms with Gasteiger partial charge in [0.2, 0.25) is 5.91 Å². The highest BCUT2D eigenvalue weighted by atomic mass is 19.3. The molecule has 3 aromatic rings. The Kier molecular flexibility index (Phi) is 7.44. The molecule has 1 aliphatic rings. The van der Waals surface area contributed by atoms with Crippen LogP contribution in [0.1, 0.15) is 42.6 Å². The summed E-state index contributed by atoms with van der Waals surface area (Å²) in [6, 6.07) is 4.34. The Hall–Kier alpha value is -3.61. The third kappa shape index (κ3) is 6.04. The van der Waals surface area contributed by atoms with Gasteiger partial charge in [-0.05, 0) is 30.2 Å². The molecule has 0 spiro atoms. The van der Waals surface area contributed by atoms with Gasteiger partial charge in [-0.3, -0.25) is 9.69 Å². The van der Waals surface area contributed by atoms with Gasteiger partial charge < -0.3 is 15.1 Å². The monoisotopic (exact) mass is 527 g/mol. The van der Waals surface area contributed by atoms with Crippen LogP contribution in [0.2, 0.25) is 0 Å². The van der Waals surface area contributed by atoms with Gasteiger partial charge in [0, 0.05) is 50.5 Å². The van der Waals surface area contributed by atoms with Crippen molar-refractivity contribution in [1.82, 2.24) is 14.5 Å². The van der Waals surface area contributed by atoms with Crippen LogP contribution in [0.5, 0.6) is 0 Å². The molecular formula is C24H23F6N5O2. The number of halogens is 6. The van der Waals surface area contributed by atoms with E-state index in [1.807, 2.05) is 0 Å². The predicted octanol–water partition coefficient (Wildman–Crippen LogP) is 4.23. The van der Waals surface area contributed by atoms with Crippen molar-refractivity contribution in [2.45, 2.75) is 44.2 Å². The Bertz CT molecular complexity index is 1250. The van der Waals surface area contributed by atoms with Crippen molar-refractivity contribution in [3.8, 4) is 0 Å². The number of rotatable bonds is 7. The molecule has 2 atom stereocenters. The average Bonchev–Trinajstić information content (AvgIpc) is 3.20. The summed E-state index contributed by atoms with van der Waals surface area (Å²) in [7, 11) is 0. The first-order chi connectivity index (χ1) is 17.4. The standard InChI is InChI=1S/C24H23F6N5O2/c1-14(33-7-4-24(29,30)19(12-33)16-2-5-35(37)6-3-16)23(36)32-20-13-34(22(31-20)21(27)28)11-15-8-17(25)10-18(26)9-15/h2-3,5-6,8-10,13-14,19,21H,4,7,11-12H2,1H3,(H,32,36). The van der Waals surface area contributed by atoms with Gasteiger partial charge >= 0.3 is 0 Å². The number of piperidine rings is 1. The molecule has 4 rings (SSSR count). The summed E-state index contributed by atoms with van der Waals surface area (Å²) >= 11 is 0. The average molecular weight is 527 g/mol. The maximum atomic E-state index is 14.6. The molecule has 0 bridgehead atoms. The zero-order valence-electron chi connectivity index (χ0n) is 19.6. The van der Waals surface area contributed by atoms with Crippen LogP contribution in [0.3, 0.4) is 0 Å². The van der Waals surface area contributed by atoms with E-state index in [1.165, 1.54) is 24.0 Å². The lowest BCUT2D eigenvalue weighted by Crippen LogP contribution is -2.52.